The molecule has 5 heterocycles. The number of fused-ring (bicyclic) bond motifs is 4. The standard InChI is InChI=1S/C28H33FN6O3/c29-20-12-28(8-3-9-35(28)13-20)17-38-27-32-25(34-14-21-6-7-22(15-34)30-21)31-26(33-27)37-16-19-11-23(36)10-18-4-1-2-5-24(18)19/h1-2,4-5,10-11,20-22,30,36H,3,6-9,12-17H2. The molecular formula is C28H33FN6O3. The molecule has 200 valence electrons. The smallest absolute Gasteiger partial charge is 0.324 e. The lowest BCUT2D eigenvalue weighted by Crippen LogP contribution is -2.51. The van der Waals surface area contributed by atoms with Crippen LogP contribution in [0.4, 0.5) is 10.3 Å². The van der Waals surface area contributed by atoms with Crippen LogP contribution in [0.15, 0.2) is 36.4 Å². The Morgan fingerprint density at radius 1 is 1.03 bits per heavy atom. The van der Waals surface area contributed by atoms with Crippen LogP contribution >= 0.6 is 0 Å². The molecule has 2 N–H and O–H groups in total. The van der Waals surface area contributed by atoms with Gasteiger partial charge in [-0.05, 0) is 55.1 Å². The van der Waals surface area contributed by atoms with Crippen LogP contribution in [0.3, 0.4) is 0 Å². The summed E-state index contributed by atoms with van der Waals surface area (Å²) in [6.07, 6.45) is 3.92. The highest BCUT2D eigenvalue weighted by Crippen LogP contribution is 2.40. The van der Waals surface area contributed by atoms with Crippen LogP contribution in [-0.4, -0.2) is 81.5 Å². The summed E-state index contributed by atoms with van der Waals surface area (Å²) in [5.41, 5.74) is 0.549. The molecule has 0 aliphatic carbocycles. The maximum absolute atomic E-state index is 14.3. The highest BCUT2D eigenvalue weighted by Gasteiger charge is 2.49. The van der Waals surface area contributed by atoms with Gasteiger partial charge in [0.15, 0.2) is 0 Å². The van der Waals surface area contributed by atoms with Gasteiger partial charge in [0.05, 0.1) is 5.54 Å². The number of piperazine rings is 1. The first kappa shape index (κ1) is 23.8. The molecule has 0 spiro atoms. The number of aromatic hydroxyl groups is 1. The number of benzene rings is 2. The lowest BCUT2D eigenvalue weighted by atomic mass is 9.95. The van der Waals surface area contributed by atoms with Crippen molar-refractivity contribution in [3.05, 3.63) is 42.0 Å². The number of phenolic OH excluding ortho intramolecular Hbond substituents is 1. The highest BCUT2D eigenvalue weighted by molar-refractivity contribution is 5.87. The lowest BCUT2D eigenvalue weighted by Gasteiger charge is -2.33. The van der Waals surface area contributed by atoms with E-state index in [0.717, 1.165) is 61.7 Å². The molecule has 9 nitrogen and oxygen atoms in total. The SMILES string of the molecule is Oc1cc(COc2nc(OCC34CCCN3CC(F)C4)nc(N3CC4CCC(C3)N4)n2)c2ccccc2c1. The fourth-order valence-electron chi connectivity index (χ4n) is 6.84. The summed E-state index contributed by atoms with van der Waals surface area (Å²) in [7, 11) is 0. The highest BCUT2D eigenvalue weighted by atomic mass is 19.1. The molecule has 0 amide bonds. The van der Waals surface area contributed by atoms with Gasteiger partial charge in [0.2, 0.25) is 5.95 Å². The number of aromatic nitrogens is 3. The third-order valence-electron chi connectivity index (χ3n) is 8.60. The number of nitrogens with zero attached hydrogens (tertiary/aromatic N) is 5. The molecule has 3 aromatic rings. The van der Waals surface area contributed by atoms with E-state index in [1.807, 2.05) is 24.3 Å². The predicted molar refractivity (Wildman–Crippen MR) is 140 cm³/mol. The Kier molecular flexibility index (Phi) is 5.96. The van der Waals surface area contributed by atoms with Crippen LogP contribution < -0.4 is 19.7 Å². The van der Waals surface area contributed by atoms with Crippen LogP contribution in [0.1, 0.15) is 37.7 Å². The van der Waals surface area contributed by atoms with Gasteiger partial charge < -0.3 is 24.8 Å². The van der Waals surface area contributed by atoms with Gasteiger partial charge in [0.1, 0.15) is 25.1 Å². The van der Waals surface area contributed by atoms with E-state index >= 15 is 0 Å². The molecule has 4 aliphatic rings. The largest absolute Gasteiger partial charge is 0.508 e. The molecule has 2 aromatic carbocycles. The van der Waals surface area contributed by atoms with E-state index in [4.69, 9.17) is 9.47 Å². The Bertz CT molecular complexity index is 1330. The van der Waals surface area contributed by atoms with Crippen molar-refractivity contribution < 1.29 is 19.0 Å². The van der Waals surface area contributed by atoms with E-state index in [1.54, 1.807) is 12.1 Å². The topological polar surface area (TPSA) is 95.9 Å². The van der Waals surface area contributed by atoms with Crippen LogP contribution in [0, 0.1) is 0 Å². The van der Waals surface area contributed by atoms with Gasteiger partial charge in [0, 0.05) is 43.7 Å². The summed E-state index contributed by atoms with van der Waals surface area (Å²) >= 11 is 0. The number of anilines is 1. The average molecular weight is 521 g/mol. The summed E-state index contributed by atoms with van der Waals surface area (Å²) in [5.74, 6) is 0.724. The number of halogens is 1. The van der Waals surface area contributed by atoms with Gasteiger partial charge in [-0.25, -0.2) is 4.39 Å². The van der Waals surface area contributed by atoms with E-state index < -0.39 is 6.17 Å². The Labute approximate surface area is 221 Å². The monoisotopic (exact) mass is 520 g/mol. The maximum atomic E-state index is 14.3. The van der Waals surface area contributed by atoms with Crippen molar-refractivity contribution in [1.29, 1.82) is 0 Å². The Morgan fingerprint density at radius 2 is 1.82 bits per heavy atom. The Balaban J connectivity index is 1.16. The summed E-state index contributed by atoms with van der Waals surface area (Å²) in [5, 5.41) is 15.8. The molecule has 10 heteroatoms. The lowest BCUT2D eigenvalue weighted by molar-refractivity contribution is 0.106. The normalized spacial score (nSPS) is 28.7. The van der Waals surface area contributed by atoms with Gasteiger partial charge in [0.25, 0.3) is 0 Å². The van der Waals surface area contributed by atoms with E-state index in [-0.39, 0.29) is 29.9 Å². The van der Waals surface area contributed by atoms with Crippen molar-refractivity contribution in [2.45, 2.75) is 62.5 Å². The second-order valence-corrected chi connectivity index (χ2v) is 11.2. The Hall–Kier alpha value is -3.24. The van der Waals surface area contributed by atoms with Crippen molar-refractivity contribution in [3.8, 4) is 17.8 Å². The maximum Gasteiger partial charge on any atom is 0.324 e. The predicted octanol–water partition coefficient (Wildman–Crippen LogP) is 3.21. The fourth-order valence-corrected chi connectivity index (χ4v) is 6.84. The number of ether oxygens (including phenoxy) is 2. The zero-order valence-electron chi connectivity index (χ0n) is 21.4. The molecule has 4 fully saturated rings. The number of alkyl halides is 1. The zero-order valence-corrected chi connectivity index (χ0v) is 21.4. The summed E-state index contributed by atoms with van der Waals surface area (Å²) in [6.45, 7) is 3.55. The number of hydrogen-bond acceptors (Lipinski definition) is 9. The molecule has 4 saturated heterocycles. The van der Waals surface area contributed by atoms with Crippen molar-refractivity contribution in [1.82, 2.24) is 25.2 Å². The molecular weight excluding hydrogens is 487 g/mol. The molecule has 38 heavy (non-hydrogen) atoms. The van der Waals surface area contributed by atoms with Crippen LogP contribution in [0.25, 0.3) is 10.8 Å². The molecule has 0 saturated carbocycles. The first-order chi connectivity index (χ1) is 18.5. The van der Waals surface area contributed by atoms with Gasteiger partial charge in [-0.2, -0.15) is 9.97 Å². The Morgan fingerprint density at radius 3 is 2.66 bits per heavy atom. The molecule has 1 aromatic heterocycles. The van der Waals surface area contributed by atoms with Gasteiger partial charge in [-0.15, -0.1) is 4.98 Å². The van der Waals surface area contributed by atoms with Crippen LogP contribution in [0.2, 0.25) is 0 Å². The van der Waals surface area contributed by atoms with Crippen LogP contribution in [0.5, 0.6) is 17.8 Å². The summed E-state index contributed by atoms with van der Waals surface area (Å²) in [6, 6.07) is 12.5. The summed E-state index contributed by atoms with van der Waals surface area (Å²) in [4.78, 5) is 18.3. The molecule has 0 radical (unpaired) electrons. The molecule has 4 atom stereocenters. The second-order valence-electron chi connectivity index (χ2n) is 11.2. The third kappa shape index (κ3) is 4.49. The number of hydrogen-bond donors (Lipinski definition) is 2. The van der Waals surface area contributed by atoms with Crippen LogP contribution in [-0.2, 0) is 6.61 Å². The number of phenols is 1. The van der Waals surface area contributed by atoms with Crippen molar-refractivity contribution in [2.75, 3.05) is 37.7 Å². The van der Waals surface area contributed by atoms with E-state index in [1.165, 1.54) is 0 Å². The zero-order chi connectivity index (χ0) is 25.7. The quantitative estimate of drug-likeness (QED) is 0.487. The minimum absolute atomic E-state index is 0.180. The second kappa shape index (κ2) is 9.50. The number of nitrogens with one attached hydrogen (secondary N) is 1. The first-order valence-electron chi connectivity index (χ1n) is 13.7. The van der Waals surface area contributed by atoms with Gasteiger partial charge in [-0.1, -0.05) is 24.3 Å². The fraction of sp³-hybridized carbons (Fsp3) is 0.536. The van der Waals surface area contributed by atoms with Crippen molar-refractivity contribution >= 4 is 16.7 Å². The van der Waals surface area contributed by atoms with Gasteiger partial charge in [-0.3, -0.25) is 4.90 Å². The van der Waals surface area contributed by atoms with Gasteiger partial charge >= 0.3 is 12.0 Å². The molecule has 4 aliphatic heterocycles. The van der Waals surface area contributed by atoms with E-state index in [9.17, 15) is 9.50 Å². The minimum atomic E-state index is -0.819. The van der Waals surface area contributed by atoms with Crippen molar-refractivity contribution in [3.63, 3.8) is 0 Å². The molecule has 7 rings (SSSR count). The number of rotatable bonds is 7. The third-order valence-corrected chi connectivity index (χ3v) is 8.60. The van der Waals surface area contributed by atoms with E-state index in [2.05, 4.69) is 30.1 Å². The molecule has 2 bridgehead atoms. The average Bonchev–Trinajstić information content (AvgIpc) is 3.56. The first-order valence-corrected chi connectivity index (χ1v) is 13.7. The van der Waals surface area contributed by atoms with E-state index in [0.29, 0.717) is 37.6 Å². The minimum Gasteiger partial charge on any atom is -0.508 e. The van der Waals surface area contributed by atoms with Crippen molar-refractivity contribution in [2.24, 2.45) is 0 Å². The molecule has 4 unspecified atom stereocenters. The summed E-state index contributed by atoms with van der Waals surface area (Å²) < 4.78 is 26.6.